The van der Waals surface area contributed by atoms with Crippen molar-refractivity contribution in [3.05, 3.63) is 33.8 Å². The molecule has 4 heteroatoms. The van der Waals surface area contributed by atoms with Crippen LogP contribution in [0.1, 0.15) is 23.7 Å². The molecule has 0 aliphatic heterocycles. The van der Waals surface area contributed by atoms with Gasteiger partial charge < -0.3 is 4.90 Å². The lowest BCUT2D eigenvalue weighted by Gasteiger charge is -2.19. The van der Waals surface area contributed by atoms with Crippen LogP contribution in [-0.4, -0.2) is 23.9 Å². The van der Waals surface area contributed by atoms with Gasteiger partial charge in [0, 0.05) is 12.1 Å². The van der Waals surface area contributed by atoms with Crippen LogP contribution in [0.4, 0.5) is 0 Å². The SMILES string of the molecule is C#CCN(CCC)C(=O)c1ccc(Cl)c(Cl)c1. The van der Waals surface area contributed by atoms with Crippen molar-refractivity contribution in [2.45, 2.75) is 13.3 Å². The van der Waals surface area contributed by atoms with E-state index in [0.717, 1.165) is 6.42 Å². The molecule has 1 aromatic rings. The Hall–Kier alpha value is -1.17. The van der Waals surface area contributed by atoms with E-state index in [0.29, 0.717) is 28.7 Å². The Labute approximate surface area is 112 Å². The molecule has 1 aromatic carbocycles. The van der Waals surface area contributed by atoms with Gasteiger partial charge in [-0.3, -0.25) is 4.79 Å². The molecule has 0 unspecified atom stereocenters. The van der Waals surface area contributed by atoms with Crippen LogP contribution in [0.15, 0.2) is 18.2 Å². The summed E-state index contributed by atoms with van der Waals surface area (Å²) in [6.07, 6.45) is 6.09. The fourth-order valence-electron chi connectivity index (χ4n) is 1.44. The molecule has 0 radical (unpaired) electrons. The molecule has 0 heterocycles. The molecule has 1 rings (SSSR count). The van der Waals surface area contributed by atoms with Gasteiger partial charge in [-0.05, 0) is 24.6 Å². The zero-order chi connectivity index (χ0) is 12.8. The first-order valence-electron chi connectivity index (χ1n) is 5.28. The highest BCUT2D eigenvalue weighted by Gasteiger charge is 2.14. The minimum Gasteiger partial charge on any atom is -0.328 e. The van der Waals surface area contributed by atoms with Gasteiger partial charge in [-0.25, -0.2) is 0 Å². The lowest BCUT2D eigenvalue weighted by Crippen LogP contribution is -2.32. The molecule has 0 N–H and O–H groups in total. The van der Waals surface area contributed by atoms with Crippen LogP contribution < -0.4 is 0 Å². The van der Waals surface area contributed by atoms with Gasteiger partial charge >= 0.3 is 0 Å². The van der Waals surface area contributed by atoms with Crippen molar-refractivity contribution in [3.63, 3.8) is 0 Å². The molecule has 0 fully saturated rings. The predicted octanol–water partition coefficient (Wildman–Crippen LogP) is 3.48. The van der Waals surface area contributed by atoms with E-state index in [4.69, 9.17) is 29.6 Å². The van der Waals surface area contributed by atoms with Crippen LogP contribution in [0.3, 0.4) is 0 Å². The minimum absolute atomic E-state index is 0.122. The molecule has 1 amide bonds. The van der Waals surface area contributed by atoms with Crippen molar-refractivity contribution in [3.8, 4) is 12.3 Å². The summed E-state index contributed by atoms with van der Waals surface area (Å²) in [5, 5.41) is 0.803. The normalized spacial score (nSPS) is 9.76. The lowest BCUT2D eigenvalue weighted by atomic mass is 10.2. The van der Waals surface area contributed by atoms with Gasteiger partial charge in [0.05, 0.1) is 16.6 Å². The third kappa shape index (κ3) is 3.66. The van der Waals surface area contributed by atoms with E-state index >= 15 is 0 Å². The maximum Gasteiger partial charge on any atom is 0.254 e. The topological polar surface area (TPSA) is 20.3 Å². The largest absolute Gasteiger partial charge is 0.328 e. The zero-order valence-electron chi connectivity index (χ0n) is 9.54. The Morgan fingerprint density at radius 2 is 2.12 bits per heavy atom. The summed E-state index contributed by atoms with van der Waals surface area (Å²) in [4.78, 5) is 13.7. The molecule has 0 bridgehead atoms. The van der Waals surface area contributed by atoms with E-state index in [-0.39, 0.29) is 5.91 Å². The number of carbonyl (C=O) groups excluding carboxylic acids is 1. The maximum atomic E-state index is 12.1. The molecule has 0 aliphatic rings. The van der Waals surface area contributed by atoms with Crippen molar-refractivity contribution >= 4 is 29.1 Å². The molecule has 0 aliphatic carbocycles. The summed E-state index contributed by atoms with van der Waals surface area (Å²) in [5.74, 6) is 2.35. The van der Waals surface area contributed by atoms with Gasteiger partial charge in [-0.15, -0.1) is 6.42 Å². The molecule has 0 saturated heterocycles. The Morgan fingerprint density at radius 1 is 1.41 bits per heavy atom. The molecular formula is C13H13Cl2NO. The molecular weight excluding hydrogens is 257 g/mol. The summed E-state index contributed by atoms with van der Waals surface area (Å²) in [6, 6.07) is 4.82. The minimum atomic E-state index is -0.122. The number of carbonyl (C=O) groups is 1. The van der Waals surface area contributed by atoms with Gasteiger partial charge in [-0.1, -0.05) is 36.0 Å². The van der Waals surface area contributed by atoms with Crippen LogP contribution in [0.2, 0.25) is 10.0 Å². The Bertz CT molecular complexity index is 451. The second kappa shape index (κ2) is 6.54. The number of terminal acetylenes is 1. The number of hydrogen-bond donors (Lipinski definition) is 0. The van der Waals surface area contributed by atoms with Crippen LogP contribution >= 0.6 is 23.2 Å². The fraction of sp³-hybridized carbons (Fsp3) is 0.308. The molecule has 17 heavy (non-hydrogen) atoms. The highest BCUT2D eigenvalue weighted by atomic mass is 35.5. The summed E-state index contributed by atoms with van der Waals surface area (Å²) in [6.45, 7) is 2.92. The van der Waals surface area contributed by atoms with E-state index in [1.165, 1.54) is 0 Å². The Balaban J connectivity index is 2.93. The van der Waals surface area contributed by atoms with E-state index < -0.39 is 0 Å². The molecule has 0 spiro atoms. The maximum absolute atomic E-state index is 12.1. The molecule has 0 saturated carbocycles. The summed E-state index contributed by atoms with van der Waals surface area (Å²) < 4.78 is 0. The Kier molecular flexibility index (Phi) is 5.34. The zero-order valence-corrected chi connectivity index (χ0v) is 11.1. The van der Waals surface area contributed by atoms with Gasteiger partial charge in [0.25, 0.3) is 5.91 Å². The summed E-state index contributed by atoms with van der Waals surface area (Å²) >= 11 is 11.7. The van der Waals surface area contributed by atoms with Crippen molar-refractivity contribution in [2.24, 2.45) is 0 Å². The summed E-state index contributed by atoms with van der Waals surface area (Å²) in [7, 11) is 0. The second-order valence-electron chi connectivity index (χ2n) is 3.56. The van der Waals surface area contributed by atoms with Crippen molar-refractivity contribution < 1.29 is 4.79 Å². The van der Waals surface area contributed by atoms with Gasteiger partial charge in [0.2, 0.25) is 0 Å². The fourth-order valence-corrected chi connectivity index (χ4v) is 1.74. The first kappa shape index (κ1) is 13.9. The first-order chi connectivity index (χ1) is 8.10. The van der Waals surface area contributed by atoms with Gasteiger partial charge in [0.1, 0.15) is 0 Å². The van der Waals surface area contributed by atoms with E-state index in [1.807, 2.05) is 6.92 Å². The Morgan fingerprint density at radius 3 is 2.65 bits per heavy atom. The van der Waals surface area contributed by atoms with Crippen LogP contribution in [0.25, 0.3) is 0 Å². The number of nitrogens with zero attached hydrogens (tertiary/aromatic N) is 1. The van der Waals surface area contributed by atoms with E-state index in [9.17, 15) is 4.79 Å². The quantitative estimate of drug-likeness (QED) is 0.767. The number of hydrogen-bond acceptors (Lipinski definition) is 1. The van der Waals surface area contributed by atoms with Gasteiger partial charge in [0.15, 0.2) is 0 Å². The van der Waals surface area contributed by atoms with Crippen LogP contribution in [-0.2, 0) is 0 Å². The van der Waals surface area contributed by atoms with E-state index in [1.54, 1.807) is 23.1 Å². The van der Waals surface area contributed by atoms with E-state index in [2.05, 4.69) is 5.92 Å². The van der Waals surface area contributed by atoms with Crippen molar-refractivity contribution in [2.75, 3.05) is 13.1 Å². The molecule has 0 aromatic heterocycles. The lowest BCUT2D eigenvalue weighted by molar-refractivity contribution is 0.0777. The smallest absolute Gasteiger partial charge is 0.254 e. The first-order valence-corrected chi connectivity index (χ1v) is 6.03. The number of amides is 1. The molecule has 2 nitrogen and oxygen atoms in total. The average molecular weight is 270 g/mol. The number of halogens is 2. The predicted molar refractivity (Wildman–Crippen MR) is 71.5 cm³/mol. The monoisotopic (exact) mass is 269 g/mol. The second-order valence-corrected chi connectivity index (χ2v) is 4.37. The summed E-state index contributed by atoms with van der Waals surface area (Å²) in [5.41, 5.74) is 0.503. The highest BCUT2D eigenvalue weighted by Crippen LogP contribution is 2.23. The van der Waals surface area contributed by atoms with Crippen molar-refractivity contribution in [1.29, 1.82) is 0 Å². The van der Waals surface area contributed by atoms with Crippen molar-refractivity contribution in [1.82, 2.24) is 4.90 Å². The third-order valence-electron chi connectivity index (χ3n) is 2.23. The molecule has 0 atom stereocenters. The molecule has 90 valence electrons. The highest BCUT2D eigenvalue weighted by molar-refractivity contribution is 6.42. The third-order valence-corrected chi connectivity index (χ3v) is 2.97. The van der Waals surface area contributed by atoms with Gasteiger partial charge in [-0.2, -0.15) is 0 Å². The van der Waals surface area contributed by atoms with Crippen LogP contribution in [0, 0.1) is 12.3 Å². The van der Waals surface area contributed by atoms with Crippen LogP contribution in [0.5, 0.6) is 0 Å². The average Bonchev–Trinajstić information content (AvgIpc) is 2.31. The standard InChI is InChI=1S/C13H13Cl2NO/c1-3-7-16(8-4-2)13(17)10-5-6-11(14)12(15)9-10/h1,5-6,9H,4,7-8H2,2H3. The number of benzene rings is 1. The number of rotatable bonds is 4.